The van der Waals surface area contributed by atoms with Gasteiger partial charge in [0.2, 0.25) is 0 Å². The second-order valence-electron chi connectivity index (χ2n) is 5.54. The lowest BCUT2D eigenvalue weighted by Crippen LogP contribution is -2.37. The Morgan fingerprint density at radius 1 is 1.30 bits per heavy atom. The van der Waals surface area contributed by atoms with Gasteiger partial charge in [0.1, 0.15) is 12.1 Å². The van der Waals surface area contributed by atoms with Crippen LogP contribution >= 0.6 is 0 Å². The van der Waals surface area contributed by atoms with E-state index < -0.39 is 0 Å². The zero-order valence-electron chi connectivity index (χ0n) is 11.7. The fourth-order valence-corrected chi connectivity index (χ4v) is 2.91. The van der Waals surface area contributed by atoms with Crippen LogP contribution in [0, 0.1) is 5.92 Å². The zero-order valence-corrected chi connectivity index (χ0v) is 11.7. The number of benzene rings is 1. The van der Waals surface area contributed by atoms with Crippen LogP contribution in [-0.2, 0) is 0 Å². The van der Waals surface area contributed by atoms with Gasteiger partial charge >= 0.3 is 0 Å². The molecule has 5 nitrogen and oxygen atoms in total. The molecule has 0 bridgehead atoms. The monoisotopic (exact) mass is 272 g/mol. The fourth-order valence-electron chi connectivity index (χ4n) is 2.91. The highest BCUT2D eigenvalue weighted by molar-refractivity contribution is 5.91. The highest BCUT2D eigenvalue weighted by Crippen LogP contribution is 2.29. The molecule has 0 radical (unpaired) electrons. The van der Waals surface area contributed by atoms with E-state index >= 15 is 0 Å². The molecule has 1 aliphatic heterocycles. The first-order chi connectivity index (χ1) is 9.65. The van der Waals surface area contributed by atoms with Crippen molar-refractivity contribution in [2.45, 2.75) is 25.9 Å². The molecule has 0 spiro atoms. The molecule has 2 heterocycles. The summed E-state index contributed by atoms with van der Waals surface area (Å²) in [6, 6.07) is 5.75. The van der Waals surface area contributed by atoms with E-state index in [-0.39, 0.29) is 6.10 Å². The van der Waals surface area contributed by atoms with Gasteiger partial charge in [-0.25, -0.2) is 9.97 Å². The quantitative estimate of drug-likeness (QED) is 0.815. The Morgan fingerprint density at radius 2 is 2.05 bits per heavy atom. The summed E-state index contributed by atoms with van der Waals surface area (Å²) >= 11 is 0. The number of aromatic nitrogens is 2. The molecule has 0 aliphatic carbocycles. The van der Waals surface area contributed by atoms with Crippen LogP contribution in [0.15, 0.2) is 24.5 Å². The lowest BCUT2D eigenvalue weighted by Gasteiger charge is -2.34. The van der Waals surface area contributed by atoms with E-state index in [1.54, 1.807) is 6.33 Å². The number of piperidine rings is 1. The Hall–Kier alpha value is -1.88. The van der Waals surface area contributed by atoms with E-state index in [1.165, 1.54) is 0 Å². The lowest BCUT2D eigenvalue weighted by atomic mass is 9.92. The van der Waals surface area contributed by atoms with Crippen LogP contribution in [0.1, 0.15) is 19.8 Å². The SMILES string of the molecule is CC(O)C1CCN(c2ncnc3cc(N)ccc23)CC1. The number of nitrogen functional groups attached to an aromatic ring is 1. The summed E-state index contributed by atoms with van der Waals surface area (Å²) in [6.07, 6.45) is 3.37. The summed E-state index contributed by atoms with van der Waals surface area (Å²) in [5.74, 6) is 1.37. The smallest absolute Gasteiger partial charge is 0.139 e. The first kappa shape index (κ1) is 13.1. The molecule has 2 aromatic rings. The van der Waals surface area contributed by atoms with Gasteiger partial charge in [-0.3, -0.25) is 0 Å². The van der Waals surface area contributed by atoms with Crippen molar-refractivity contribution < 1.29 is 5.11 Å². The van der Waals surface area contributed by atoms with Gasteiger partial charge in [-0.05, 0) is 43.9 Å². The van der Waals surface area contributed by atoms with E-state index in [0.29, 0.717) is 5.92 Å². The predicted octanol–water partition coefficient (Wildman–Crippen LogP) is 1.81. The number of fused-ring (bicyclic) bond motifs is 1. The minimum absolute atomic E-state index is 0.223. The van der Waals surface area contributed by atoms with Crippen molar-refractivity contribution in [1.29, 1.82) is 0 Å². The van der Waals surface area contributed by atoms with Gasteiger partial charge < -0.3 is 15.7 Å². The molecule has 1 saturated heterocycles. The van der Waals surface area contributed by atoms with E-state index in [4.69, 9.17) is 5.73 Å². The third-order valence-electron chi connectivity index (χ3n) is 4.16. The summed E-state index contributed by atoms with van der Waals surface area (Å²) in [4.78, 5) is 11.0. The molecule has 0 saturated carbocycles. The van der Waals surface area contributed by atoms with Crippen molar-refractivity contribution in [2.24, 2.45) is 5.92 Å². The van der Waals surface area contributed by atoms with Crippen molar-refractivity contribution >= 4 is 22.4 Å². The molecular formula is C15H20N4O. The molecular weight excluding hydrogens is 252 g/mol. The van der Waals surface area contributed by atoms with Crippen LogP contribution < -0.4 is 10.6 Å². The van der Waals surface area contributed by atoms with Gasteiger partial charge in [0.05, 0.1) is 11.6 Å². The molecule has 1 unspecified atom stereocenters. The topological polar surface area (TPSA) is 75.3 Å². The molecule has 1 fully saturated rings. The highest BCUT2D eigenvalue weighted by Gasteiger charge is 2.24. The minimum atomic E-state index is -0.223. The molecule has 1 atom stereocenters. The number of hydrogen-bond donors (Lipinski definition) is 2. The normalized spacial score (nSPS) is 18.4. The average Bonchev–Trinajstić information content (AvgIpc) is 2.46. The maximum Gasteiger partial charge on any atom is 0.139 e. The Labute approximate surface area is 118 Å². The number of nitrogens with two attached hydrogens (primary N) is 1. The molecule has 106 valence electrons. The average molecular weight is 272 g/mol. The van der Waals surface area contributed by atoms with Crippen LogP contribution in [0.25, 0.3) is 10.9 Å². The number of aliphatic hydroxyl groups is 1. The van der Waals surface area contributed by atoms with Crippen molar-refractivity contribution in [3.8, 4) is 0 Å². The van der Waals surface area contributed by atoms with Gasteiger partial charge in [0, 0.05) is 24.2 Å². The van der Waals surface area contributed by atoms with Crippen LogP contribution in [0.2, 0.25) is 0 Å². The second kappa shape index (κ2) is 5.25. The Balaban J connectivity index is 1.88. The van der Waals surface area contributed by atoms with E-state index in [0.717, 1.165) is 48.3 Å². The van der Waals surface area contributed by atoms with Gasteiger partial charge in [0.25, 0.3) is 0 Å². The van der Waals surface area contributed by atoms with Crippen LogP contribution in [-0.4, -0.2) is 34.3 Å². The van der Waals surface area contributed by atoms with Crippen molar-refractivity contribution in [3.05, 3.63) is 24.5 Å². The summed E-state index contributed by atoms with van der Waals surface area (Å²) < 4.78 is 0. The van der Waals surface area contributed by atoms with Gasteiger partial charge in [-0.1, -0.05) is 0 Å². The second-order valence-corrected chi connectivity index (χ2v) is 5.54. The molecule has 3 rings (SSSR count). The number of aliphatic hydroxyl groups excluding tert-OH is 1. The number of anilines is 2. The van der Waals surface area contributed by atoms with E-state index in [9.17, 15) is 5.11 Å². The summed E-state index contributed by atoms with van der Waals surface area (Å²) in [5.41, 5.74) is 7.40. The number of rotatable bonds is 2. The van der Waals surface area contributed by atoms with Crippen LogP contribution in [0.5, 0.6) is 0 Å². The molecule has 3 N–H and O–H groups in total. The summed E-state index contributed by atoms with van der Waals surface area (Å²) in [5, 5.41) is 10.7. The Bertz CT molecular complexity index is 606. The van der Waals surface area contributed by atoms with Gasteiger partial charge in [-0.15, -0.1) is 0 Å². The van der Waals surface area contributed by atoms with Gasteiger partial charge in [-0.2, -0.15) is 0 Å². The van der Waals surface area contributed by atoms with Crippen molar-refractivity contribution in [1.82, 2.24) is 9.97 Å². The third kappa shape index (κ3) is 2.41. The highest BCUT2D eigenvalue weighted by atomic mass is 16.3. The maximum absolute atomic E-state index is 9.68. The first-order valence-electron chi connectivity index (χ1n) is 7.08. The summed E-state index contributed by atoms with van der Waals surface area (Å²) in [6.45, 7) is 3.72. The Kier molecular flexibility index (Phi) is 3.44. The Morgan fingerprint density at radius 3 is 2.75 bits per heavy atom. The van der Waals surface area contributed by atoms with Crippen LogP contribution in [0.3, 0.4) is 0 Å². The third-order valence-corrected chi connectivity index (χ3v) is 4.16. The first-order valence-corrected chi connectivity index (χ1v) is 7.08. The minimum Gasteiger partial charge on any atom is -0.399 e. The van der Waals surface area contributed by atoms with Crippen molar-refractivity contribution in [2.75, 3.05) is 23.7 Å². The van der Waals surface area contributed by atoms with Gasteiger partial charge in [0.15, 0.2) is 0 Å². The summed E-state index contributed by atoms with van der Waals surface area (Å²) in [7, 11) is 0. The van der Waals surface area contributed by atoms with Crippen LogP contribution in [0.4, 0.5) is 11.5 Å². The number of nitrogens with zero attached hydrogens (tertiary/aromatic N) is 3. The van der Waals surface area contributed by atoms with Crippen molar-refractivity contribution in [3.63, 3.8) is 0 Å². The zero-order chi connectivity index (χ0) is 14.1. The molecule has 1 aromatic heterocycles. The fraction of sp³-hybridized carbons (Fsp3) is 0.467. The lowest BCUT2D eigenvalue weighted by molar-refractivity contribution is 0.110. The van der Waals surface area contributed by atoms with E-state index in [2.05, 4.69) is 14.9 Å². The maximum atomic E-state index is 9.68. The largest absolute Gasteiger partial charge is 0.399 e. The molecule has 20 heavy (non-hydrogen) atoms. The van der Waals surface area contributed by atoms with E-state index in [1.807, 2.05) is 25.1 Å². The molecule has 1 aromatic carbocycles. The number of hydrogen-bond acceptors (Lipinski definition) is 5. The molecule has 0 amide bonds. The molecule has 5 heteroatoms. The molecule has 1 aliphatic rings. The standard InChI is InChI=1S/C15H20N4O/c1-10(20)11-4-6-19(7-5-11)15-13-3-2-12(16)8-14(13)17-9-18-15/h2-3,8-11,20H,4-7,16H2,1H3. The predicted molar refractivity (Wildman–Crippen MR) is 80.6 cm³/mol.